The molecule has 3 N–H and O–H groups in total. The molecule has 0 spiro atoms. The first kappa shape index (κ1) is 13.8. The second-order valence-electron chi connectivity index (χ2n) is 5.28. The molecular weight excluding hydrogens is 240 g/mol. The molecule has 5 nitrogen and oxygen atoms in total. The molecule has 0 saturated carbocycles. The van der Waals surface area contributed by atoms with Crippen molar-refractivity contribution >= 4 is 17.3 Å². The SMILES string of the molecule is CN(C)C1CCN(CC(=O)Nc2ccccc2N)C1. The van der Waals surface area contributed by atoms with Crippen LogP contribution >= 0.6 is 0 Å². The van der Waals surface area contributed by atoms with Gasteiger partial charge in [0, 0.05) is 19.1 Å². The number of likely N-dealkylation sites (tertiary alicyclic amines) is 1. The number of nitrogens with one attached hydrogen (secondary N) is 1. The minimum Gasteiger partial charge on any atom is -0.397 e. The van der Waals surface area contributed by atoms with E-state index in [1.165, 1.54) is 0 Å². The Bertz CT molecular complexity index is 447. The molecule has 1 heterocycles. The summed E-state index contributed by atoms with van der Waals surface area (Å²) in [5.41, 5.74) is 7.09. The van der Waals surface area contributed by atoms with Crippen LogP contribution in [0.25, 0.3) is 0 Å². The molecule has 1 aromatic carbocycles. The summed E-state index contributed by atoms with van der Waals surface area (Å²) >= 11 is 0. The first-order chi connectivity index (χ1) is 9.06. The van der Waals surface area contributed by atoms with E-state index in [1.54, 1.807) is 6.07 Å². The van der Waals surface area contributed by atoms with Crippen molar-refractivity contribution in [3.8, 4) is 0 Å². The van der Waals surface area contributed by atoms with Crippen LogP contribution in [-0.4, -0.2) is 55.5 Å². The van der Waals surface area contributed by atoms with Gasteiger partial charge in [-0.25, -0.2) is 0 Å². The van der Waals surface area contributed by atoms with Crippen molar-refractivity contribution in [3.05, 3.63) is 24.3 Å². The third kappa shape index (κ3) is 3.68. The van der Waals surface area contributed by atoms with E-state index in [4.69, 9.17) is 5.73 Å². The molecule has 1 saturated heterocycles. The number of nitrogens with two attached hydrogens (primary N) is 1. The Balaban J connectivity index is 1.84. The van der Waals surface area contributed by atoms with Crippen LogP contribution in [0.5, 0.6) is 0 Å². The number of carbonyl (C=O) groups is 1. The maximum absolute atomic E-state index is 12.0. The number of hydrogen-bond acceptors (Lipinski definition) is 4. The number of carbonyl (C=O) groups excluding carboxylic acids is 1. The molecule has 19 heavy (non-hydrogen) atoms. The molecule has 1 aromatic rings. The second-order valence-corrected chi connectivity index (χ2v) is 5.28. The number of nitrogen functional groups attached to an aromatic ring is 1. The molecule has 0 aromatic heterocycles. The summed E-state index contributed by atoms with van der Waals surface area (Å²) in [6, 6.07) is 7.87. The fourth-order valence-electron chi connectivity index (χ4n) is 2.38. The average Bonchev–Trinajstić information content (AvgIpc) is 2.80. The lowest BCUT2D eigenvalue weighted by Crippen LogP contribution is -2.35. The van der Waals surface area contributed by atoms with Gasteiger partial charge >= 0.3 is 0 Å². The van der Waals surface area contributed by atoms with Gasteiger partial charge in [-0.3, -0.25) is 9.69 Å². The van der Waals surface area contributed by atoms with Crippen molar-refractivity contribution < 1.29 is 4.79 Å². The Kier molecular flexibility index (Phi) is 4.39. The molecule has 0 aliphatic carbocycles. The minimum atomic E-state index is -0.00249. The van der Waals surface area contributed by atoms with E-state index in [9.17, 15) is 4.79 Å². The first-order valence-corrected chi connectivity index (χ1v) is 6.59. The predicted molar refractivity (Wildman–Crippen MR) is 78.0 cm³/mol. The van der Waals surface area contributed by atoms with E-state index in [0.717, 1.165) is 19.5 Å². The van der Waals surface area contributed by atoms with E-state index in [2.05, 4.69) is 29.2 Å². The minimum absolute atomic E-state index is 0.00249. The van der Waals surface area contributed by atoms with Gasteiger partial charge in [0.1, 0.15) is 0 Å². The average molecular weight is 262 g/mol. The molecule has 1 amide bonds. The van der Waals surface area contributed by atoms with Crippen molar-refractivity contribution in [2.45, 2.75) is 12.5 Å². The Morgan fingerprint density at radius 3 is 2.84 bits per heavy atom. The number of rotatable bonds is 4. The zero-order chi connectivity index (χ0) is 13.8. The quantitative estimate of drug-likeness (QED) is 0.790. The van der Waals surface area contributed by atoms with Crippen molar-refractivity contribution in [2.75, 3.05) is 44.8 Å². The van der Waals surface area contributed by atoms with E-state index >= 15 is 0 Å². The molecule has 0 bridgehead atoms. The van der Waals surface area contributed by atoms with E-state index in [0.29, 0.717) is 24.0 Å². The Morgan fingerprint density at radius 1 is 1.47 bits per heavy atom. The molecule has 1 aliphatic rings. The van der Waals surface area contributed by atoms with Crippen LogP contribution in [0.3, 0.4) is 0 Å². The molecule has 1 fully saturated rings. The number of benzene rings is 1. The number of amides is 1. The van der Waals surface area contributed by atoms with Gasteiger partial charge in [0.05, 0.1) is 17.9 Å². The zero-order valence-corrected chi connectivity index (χ0v) is 11.6. The van der Waals surface area contributed by atoms with Gasteiger partial charge < -0.3 is 16.0 Å². The molecule has 1 unspecified atom stereocenters. The lowest BCUT2D eigenvalue weighted by Gasteiger charge is -2.20. The van der Waals surface area contributed by atoms with Gasteiger partial charge in [-0.05, 0) is 32.6 Å². The van der Waals surface area contributed by atoms with Gasteiger partial charge in [-0.15, -0.1) is 0 Å². The van der Waals surface area contributed by atoms with E-state index in [1.807, 2.05) is 18.2 Å². The molecule has 104 valence electrons. The first-order valence-electron chi connectivity index (χ1n) is 6.59. The van der Waals surface area contributed by atoms with Gasteiger partial charge in [-0.2, -0.15) is 0 Å². The van der Waals surface area contributed by atoms with E-state index < -0.39 is 0 Å². The number of hydrogen-bond donors (Lipinski definition) is 2. The van der Waals surface area contributed by atoms with Gasteiger partial charge in [0.15, 0.2) is 0 Å². The highest BCUT2D eigenvalue weighted by atomic mass is 16.2. The number of nitrogens with zero attached hydrogens (tertiary/aromatic N) is 2. The molecule has 1 atom stereocenters. The zero-order valence-electron chi connectivity index (χ0n) is 11.6. The smallest absolute Gasteiger partial charge is 0.238 e. The van der Waals surface area contributed by atoms with Crippen molar-refractivity contribution in [1.29, 1.82) is 0 Å². The highest BCUT2D eigenvalue weighted by Crippen LogP contribution is 2.17. The highest BCUT2D eigenvalue weighted by Gasteiger charge is 2.25. The summed E-state index contributed by atoms with van der Waals surface area (Å²) in [6.45, 7) is 2.35. The Labute approximate surface area is 114 Å². The third-order valence-electron chi connectivity index (χ3n) is 3.58. The van der Waals surface area contributed by atoms with Crippen LogP contribution in [0.1, 0.15) is 6.42 Å². The highest BCUT2D eigenvalue weighted by molar-refractivity contribution is 5.95. The molecule has 0 radical (unpaired) electrons. The lowest BCUT2D eigenvalue weighted by molar-refractivity contribution is -0.117. The fourth-order valence-corrected chi connectivity index (χ4v) is 2.38. The van der Waals surface area contributed by atoms with Crippen molar-refractivity contribution in [2.24, 2.45) is 0 Å². The van der Waals surface area contributed by atoms with Crippen LogP contribution in [0.2, 0.25) is 0 Å². The summed E-state index contributed by atoms with van der Waals surface area (Å²) in [6.07, 6.45) is 1.12. The monoisotopic (exact) mass is 262 g/mol. The maximum Gasteiger partial charge on any atom is 0.238 e. The van der Waals surface area contributed by atoms with Crippen LogP contribution in [0.15, 0.2) is 24.3 Å². The van der Waals surface area contributed by atoms with E-state index in [-0.39, 0.29) is 5.91 Å². The molecule has 2 rings (SSSR count). The normalized spacial score (nSPS) is 19.8. The van der Waals surface area contributed by atoms with Gasteiger partial charge in [0.25, 0.3) is 0 Å². The number of para-hydroxylation sites is 2. The Hall–Kier alpha value is -1.59. The maximum atomic E-state index is 12.0. The summed E-state index contributed by atoms with van der Waals surface area (Å²) in [5, 5.41) is 2.86. The third-order valence-corrected chi connectivity index (χ3v) is 3.58. The standard InChI is InChI=1S/C14H22N4O/c1-17(2)11-7-8-18(9-11)10-14(19)16-13-6-4-3-5-12(13)15/h3-6,11H,7-10,15H2,1-2H3,(H,16,19). The number of likely N-dealkylation sites (N-methyl/N-ethyl adjacent to an activating group) is 1. The summed E-state index contributed by atoms with van der Waals surface area (Å²) in [4.78, 5) is 16.4. The largest absolute Gasteiger partial charge is 0.397 e. The van der Waals surface area contributed by atoms with Gasteiger partial charge in [-0.1, -0.05) is 12.1 Å². The van der Waals surface area contributed by atoms with Crippen LogP contribution in [-0.2, 0) is 4.79 Å². The molecule has 1 aliphatic heterocycles. The van der Waals surface area contributed by atoms with Crippen molar-refractivity contribution in [3.63, 3.8) is 0 Å². The van der Waals surface area contributed by atoms with Crippen LogP contribution in [0, 0.1) is 0 Å². The van der Waals surface area contributed by atoms with Crippen molar-refractivity contribution in [1.82, 2.24) is 9.80 Å². The topological polar surface area (TPSA) is 61.6 Å². The Morgan fingerprint density at radius 2 is 2.21 bits per heavy atom. The number of anilines is 2. The summed E-state index contributed by atoms with van der Waals surface area (Å²) in [5.74, 6) is -0.00249. The lowest BCUT2D eigenvalue weighted by atomic mass is 10.2. The van der Waals surface area contributed by atoms with Gasteiger partial charge in [0.2, 0.25) is 5.91 Å². The molecular formula is C14H22N4O. The predicted octanol–water partition coefficient (Wildman–Crippen LogP) is 0.843. The fraction of sp³-hybridized carbons (Fsp3) is 0.500. The molecule has 5 heteroatoms. The summed E-state index contributed by atoms with van der Waals surface area (Å²) in [7, 11) is 4.16. The van der Waals surface area contributed by atoms with Crippen LogP contribution in [0.4, 0.5) is 11.4 Å². The second kappa shape index (κ2) is 6.04. The summed E-state index contributed by atoms with van der Waals surface area (Å²) < 4.78 is 0. The van der Waals surface area contributed by atoms with Crippen LogP contribution < -0.4 is 11.1 Å².